The van der Waals surface area contributed by atoms with Gasteiger partial charge in [0.15, 0.2) is 0 Å². The normalized spacial score (nSPS) is 20.5. The van der Waals surface area contributed by atoms with Gasteiger partial charge in [0.25, 0.3) is 5.56 Å². The fourth-order valence-electron chi connectivity index (χ4n) is 4.49. The zero-order valence-corrected chi connectivity index (χ0v) is 15.7. The lowest BCUT2D eigenvalue weighted by molar-refractivity contribution is 0.224. The van der Waals surface area contributed by atoms with E-state index in [9.17, 15) is 4.79 Å². The van der Waals surface area contributed by atoms with E-state index in [-0.39, 0.29) is 5.56 Å². The minimum atomic E-state index is 0.121. The molecule has 1 atom stereocenters. The van der Waals surface area contributed by atoms with Crippen LogP contribution in [0.3, 0.4) is 0 Å². The van der Waals surface area contributed by atoms with Crippen molar-refractivity contribution < 1.29 is 0 Å². The minimum Gasteiger partial charge on any atom is -0.300 e. The molecule has 0 saturated carbocycles. The van der Waals surface area contributed by atoms with E-state index in [0.717, 1.165) is 28.6 Å². The number of likely N-dealkylation sites (tertiary alicyclic amines) is 1. The van der Waals surface area contributed by atoms with Crippen molar-refractivity contribution in [2.75, 3.05) is 13.1 Å². The van der Waals surface area contributed by atoms with Crippen LogP contribution in [0, 0.1) is 0 Å². The van der Waals surface area contributed by atoms with Gasteiger partial charge in [0.05, 0.1) is 18.3 Å². The Morgan fingerprint density at radius 3 is 2.77 bits per heavy atom. The number of aryl methyl sites for hydroxylation is 1. The molecular weight excluding hydrogens is 342 g/mol. The first-order valence-electron chi connectivity index (χ1n) is 9.57. The number of hydrogen-bond donors (Lipinski definition) is 0. The van der Waals surface area contributed by atoms with E-state index in [4.69, 9.17) is 0 Å². The average Bonchev–Trinajstić information content (AvgIpc) is 3.32. The largest absolute Gasteiger partial charge is 0.300 e. The van der Waals surface area contributed by atoms with Gasteiger partial charge >= 0.3 is 0 Å². The number of hydrogen-bond acceptors (Lipinski definition) is 4. The summed E-state index contributed by atoms with van der Waals surface area (Å²) in [5.74, 6) is 0. The van der Waals surface area contributed by atoms with Gasteiger partial charge in [0, 0.05) is 10.9 Å². The van der Waals surface area contributed by atoms with Crippen LogP contribution < -0.4 is 5.56 Å². The molecule has 1 aliphatic carbocycles. The van der Waals surface area contributed by atoms with Crippen LogP contribution in [0.25, 0.3) is 10.2 Å². The van der Waals surface area contributed by atoms with Crippen molar-refractivity contribution in [1.29, 1.82) is 0 Å². The van der Waals surface area contributed by atoms with Gasteiger partial charge < -0.3 is 4.90 Å². The van der Waals surface area contributed by atoms with Crippen LogP contribution in [0.4, 0.5) is 0 Å². The molecular formula is C21H23N3OS. The standard InChI is InChI=1S/C21H23N3OS/c25-21-19-17-9-8-16(23-10-4-5-11-23)12-18(17)26-20(19)22-14-24(21)13-15-6-2-1-3-7-15/h1-3,6-7,14,16H,4-5,8-13H2/t16-/m1/s1. The molecule has 2 aromatic heterocycles. The fourth-order valence-corrected chi connectivity index (χ4v) is 5.74. The number of fused-ring (bicyclic) bond motifs is 3. The van der Waals surface area contributed by atoms with E-state index in [1.54, 1.807) is 22.2 Å². The summed E-state index contributed by atoms with van der Waals surface area (Å²) < 4.78 is 1.76. The summed E-state index contributed by atoms with van der Waals surface area (Å²) in [5.41, 5.74) is 2.53. The number of rotatable bonds is 3. The first-order valence-corrected chi connectivity index (χ1v) is 10.4. The molecule has 1 fully saturated rings. The second-order valence-corrected chi connectivity index (χ2v) is 8.57. The van der Waals surface area contributed by atoms with Gasteiger partial charge in [0.2, 0.25) is 0 Å². The Labute approximate surface area is 157 Å². The molecule has 5 rings (SSSR count). The lowest BCUT2D eigenvalue weighted by Crippen LogP contribution is -2.36. The van der Waals surface area contributed by atoms with Crippen LogP contribution in [-0.2, 0) is 19.4 Å². The predicted molar refractivity (Wildman–Crippen MR) is 106 cm³/mol. The molecule has 0 bridgehead atoms. The third-order valence-corrected chi connectivity index (χ3v) is 7.02. The molecule has 0 N–H and O–H groups in total. The summed E-state index contributed by atoms with van der Waals surface area (Å²) in [5, 5.41) is 0.878. The van der Waals surface area contributed by atoms with E-state index in [1.807, 2.05) is 18.2 Å². The molecule has 0 radical (unpaired) electrons. The van der Waals surface area contributed by atoms with Crippen LogP contribution in [0.15, 0.2) is 41.5 Å². The summed E-state index contributed by atoms with van der Waals surface area (Å²) in [6.45, 7) is 3.07. The first-order chi connectivity index (χ1) is 12.8. The highest BCUT2D eigenvalue weighted by Gasteiger charge is 2.29. The van der Waals surface area contributed by atoms with E-state index in [2.05, 4.69) is 22.0 Å². The molecule has 26 heavy (non-hydrogen) atoms. The Balaban J connectivity index is 1.50. The van der Waals surface area contributed by atoms with E-state index in [1.165, 1.54) is 42.8 Å². The second kappa shape index (κ2) is 6.63. The third-order valence-electron chi connectivity index (χ3n) is 5.86. The lowest BCUT2D eigenvalue weighted by atomic mass is 9.92. The van der Waals surface area contributed by atoms with Crippen molar-refractivity contribution in [3.05, 3.63) is 63.0 Å². The molecule has 1 saturated heterocycles. The van der Waals surface area contributed by atoms with Gasteiger partial charge in [-0.25, -0.2) is 4.98 Å². The number of benzene rings is 1. The highest BCUT2D eigenvalue weighted by atomic mass is 32.1. The monoisotopic (exact) mass is 365 g/mol. The van der Waals surface area contributed by atoms with Gasteiger partial charge in [-0.2, -0.15) is 0 Å². The predicted octanol–water partition coefficient (Wildman–Crippen LogP) is 3.46. The summed E-state index contributed by atoms with van der Waals surface area (Å²) >= 11 is 1.74. The number of nitrogens with zero attached hydrogens (tertiary/aromatic N) is 3. The maximum Gasteiger partial charge on any atom is 0.262 e. The topological polar surface area (TPSA) is 38.1 Å². The van der Waals surface area contributed by atoms with Crippen LogP contribution in [0.5, 0.6) is 0 Å². The van der Waals surface area contributed by atoms with Gasteiger partial charge in [-0.05, 0) is 56.3 Å². The molecule has 3 aromatic rings. The Bertz CT molecular complexity index is 986. The molecule has 0 unspecified atom stereocenters. The molecule has 2 aliphatic rings. The summed E-state index contributed by atoms with van der Waals surface area (Å²) in [6, 6.07) is 10.8. The third kappa shape index (κ3) is 2.79. The van der Waals surface area contributed by atoms with Gasteiger partial charge in [0.1, 0.15) is 4.83 Å². The fraction of sp³-hybridized carbons (Fsp3) is 0.429. The Hall–Kier alpha value is -1.98. The molecule has 1 aliphatic heterocycles. The summed E-state index contributed by atoms with van der Waals surface area (Å²) in [7, 11) is 0. The van der Waals surface area contributed by atoms with Crippen LogP contribution >= 0.6 is 11.3 Å². The van der Waals surface area contributed by atoms with E-state index < -0.39 is 0 Å². The van der Waals surface area contributed by atoms with E-state index >= 15 is 0 Å². The smallest absolute Gasteiger partial charge is 0.262 e. The summed E-state index contributed by atoms with van der Waals surface area (Å²) in [4.78, 5) is 22.7. The highest BCUT2D eigenvalue weighted by molar-refractivity contribution is 7.18. The highest BCUT2D eigenvalue weighted by Crippen LogP contribution is 2.35. The van der Waals surface area contributed by atoms with E-state index in [0.29, 0.717) is 12.6 Å². The Morgan fingerprint density at radius 2 is 1.96 bits per heavy atom. The van der Waals surface area contributed by atoms with Crippen molar-refractivity contribution in [3.63, 3.8) is 0 Å². The van der Waals surface area contributed by atoms with Crippen molar-refractivity contribution in [3.8, 4) is 0 Å². The van der Waals surface area contributed by atoms with Crippen molar-refractivity contribution in [1.82, 2.24) is 14.5 Å². The van der Waals surface area contributed by atoms with Crippen molar-refractivity contribution >= 4 is 21.6 Å². The van der Waals surface area contributed by atoms with Gasteiger partial charge in [-0.3, -0.25) is 9.36 Å². The molecule has 4 nitrogen and oxygen atoms in total. The van der Waals surface area contributed by atoms with Crippen molar-refractivity contribution in [2.24, 2.45) is 0 Å². The van der Waals surface area contributed by atoms with Crippen molar-refractivity contribution in [2.45, 2.75) is 44.7 Å². The molecule has 3 heterocycles. The zero-order valence-electron chi connectivity index (χ0n) is 14.9. The summed E-state index contributed by atoms with van der Waals surface area (Å²) in [6.07, 6.45) is 7.67. The molecule has 134 valence electrons. The lowest BCUT2D eigenvalue weighted by Gasteiger charge is -2.30. The quantitative estimate of drug-likeness (QED) is 0.713. The van der Waals surface area contributed by atoms with Gasteiger partial charge in [-0.15, -0.1) is 11.3 Å². The maximum absolute atomic E-state index is 13.1. The second-order valence-electron chi connectivity index (χ2n) is 7.49. The molecule has 0 amide bonds. The molecule has 5 heteroatoms. The Kier molecular flexibility index (Phi) is 4.14. The average molecular weight is 366 g/mol. The molecule has 1 aromatic carbocycles. The molecule has 0 spiro atoms. The number of aromatic nitrogens is 2. The minimum absolute atomic E-state index is 0.121. The number of thiophene rings is 1. The SMILES string of the molecule is O=c1c2c3c(sc2ncn1Cc1ccccc1)C[C@H](N1CCCC1)CC3. The zero-order chi connectivity index (χ0) is 17.5. The van der Waals surface area contributed by atoms with Crippen LogP contribution in [-0.4, -0.2) is 33.6 Å². The van der Waals surface area contributed by atoms with Gasteiger partial charge in [-0.1, -0.05) is 30.3 Å². The van der Waals surface area contributed by atoms with Crippen LogP contribution in [0.1, 0.15) is 35.3 Å². The first kappa shape index (κ1) is 16.2. The van der Waals surface area contributed by atoms with Crippen LogP contribution in [0.2, 0.25) is 0 Å². The maximum atomic E-state index is 13.1. The Morgan fingerprint density at radius 1 is 1.15 bits per heavy atom.